The molecule has 12 heteroatoms. The quantitative estimate of drug-likeness (QED) is 0.263. The molecule has 5 rings (SSSR count). The highest BCUT2D eigenvalue weighted by molar-refractivity contribution is 5.96. The molecule has 1 saturated carbocycles. The molecule has 1 fully saturated rings. The van der Waals surface area contributed by atoms with E-state index in [2.05, 4.69) is 37.0 Å². The van der Waals surface area contributed by atoms with Gasteiger partial charge in [-0.15, -0.1) is 5.10 Å². The van der Waals surface area contributed by atoms with Crippen LogP contribution in [0.25, 0.3) is 10.9 Å². The van der Waals surface area contributed by atoms with Crippen molar-refractivity contribution < 1.29 is 13.6 Å². The number of primary amides is 1. The Morgan fingerprint density at radius 3 is 2.63 bits per heavy atom. The zero-order valence-corrected chi connectivity index (χ0v) is 23.3. The first-order valence-corrected chi connectivity index (χ1v) is 13.3. The Hall–Kier alpha value is -4.66. The third kappa shape index (κ3) is 5.27. The molecule has 1 aromatic carbocycles. The predicted octanol–water partition coefficient (Wildman–Crippen LogP) is 4.70. The molecule has 0 aliphatic heterocycles. The smallest absolute Gasteiger partial charge is 0.245 e. The Balaban J connectivity index is 1.61. The molecule has 1 aliphatic carbocycles. The Morgan fingerprint density at radius 2 is 2.02 bits per heavy atom. The first-order valence-electron chi connectivity index (χ1n) is 13.3. The number of amides is 1. The summed E-state index contributed by atoms with van der Waals surface area (Å²) in [6.07, 6.45) is 4.92. The number of rotatable bonds is 8. The number of anilines is 2. The van der Waals surface area contributed by atoms with Crippen LogP contribution in [0.2, 0.25) is 0 Å². The number of nitrogens with zero attached hydrogens (tertiary/aromatic N) is 6. The zero-order valence-electron chi connectivity index (χ0n) is 23.3. The summed E-state index contributed by atoms with van der Waals surface area (Å²) >= 11 is 0. The number of aryl methyl sites for hydroxylation is 1. The lowest BCUT2D eigenvalue weighted by Gasteiger charge is -2.38. The number of hydrogen-bond acceptors (Lipinski definition) is 8. The van der Waals surface area contributed by atoms with Gasteiger partial charge in [0.05, 0.1) is 23.5 Å². The number of halogens is 2. The van der Waals surface area contributed by atoms with Crippen LogP contribution in [-0.2, 0) is 10.3 Å². The van der Waals surface area contributed by atoms with E-state index in [-0.39, 0.29) is 16.5 Å². The van der Waals surface area contributed by atoms with E-state index < -0.39 is 29.3 Å². The van der Waals surface area contributed by atoms with Crippen LogP contribution in [0.4, 0.5) is 20.2 Å². The lowest BCUT2D eigenvalue weighted by atomic mass is 9.76. The van der Waals surface area contributed by atoms with Crippen molar-refractivity contribution in [3.63, 3.8) is 0 Å². The van der Waals surface area contributed by atoms with Gasteiger partial charge in [-0.3, -0.25) is 9.78 Å². The highest BCUT2D eigenvalue weighted by Gasteiger charge is 2.46. The van der Waals surface area contributed by atoms with E-state index in [1.54, 1.807) is 25.3 Å². The molecule has 212 valence electrons. The molecule has 4 N–H and O–H groups in total. The molecule has 0 bridgehead atoms. The Kier molecular flexibility index (Phi) is 7.07. The highest BCUT2D eigenvalue weighted by Crippen LogP contribution is 2.39. The molecule has 10 nitrogen and oxygen atoms in total. The monoisotopic (exact) mass is 559 g/mol. The first-order chi connectivity index (χ1) is 19.4. The number of benzene rings is 1. The van der Waals surface area contributed by atoms with Gasteiger partial charge in [0.2, 0.25) is 11.9 Å². The number of carbonyl (C=O) groups excluding carboxylic acids is 1. The van der Waals surface area contributed by atoms with E-state index in [1.807, 2.05) is 20.8 Å². The van der Waals surface area contributed by atoms with Crippen molar-refractivity contribution in [3.05, 3.63) is 70.9 Å². The molecular formula is C29H31F2N9O. The fraction of sp³-hybridized carbons (Fsp3) is 0.379. The Labute approximate surface area is 236 Å². The van der Waals surface area contributed by atoms with E-state index in [9.17, 15) is 14.4 Å². The van der Waals surface area contributed by atoms with Gasteiger partial charge < -0.3 is 16.4 Å². The van der Waals surface area contributed by atoms with E-state index >= 15 is 4.39 Å². The fourth-order valence-electron chi connectivity index (χ4n) is 5.01. The Bertz CT molecular complexity index is 1680. The summed E-state index contributed by atoms with van der Waals surface area (Å²) in [7, 11) is 0. The number of aromatic nitrogens is 5. The standard InChI is InChI=1S/C29H31F2N9O/c1-16-19(6-7-23(31)36-16)26(22-14-40(39-38-22)29(27(33)41)8-5-9-29)37-18-10-20-24(35-15-28(2,3)4)17(12-32)13-34-25(20)21(30)11-18/h6-7,10-11,13-14,26,37H,5,8-9,15H2,1-4H3,(H2,33,41)(H,34,35)/t26-/m0/s1. The summed E-state index contributed by atoms with van der Waals surface area (Å²) in [5, 5.41) is 25.3. The summed E-state index contributed by atoms with van der Waals surface area (Å²) in [6, 6.07) is 7.21. The number of pyridine rings is 2. The molecule has 0 saturated heterocycles. The largest absolute Gasteiger partial charge is 0.383 e. The van der Waals surface area contributed by atoms with Crippen molar-refractivity contribution in [2.45, 2.75) is 58.5 Å². The van der Waals surface area contributed by atoms with Crippen LogP contribution in [0.15, 0.2) is 36.7 Å². The Morgan fingerprint density at radius 1 is 1.27 bits per heavy atom. The maximum atomic E-state index is 15.5. The van der Waals surface area contributed by atoms with Crippen LogP contribution in [0, 0.1) is 35.4 Å². The second-order valence-electron chi connectivity index (χ2n) is 11.7. The van der Waals surface area contributed by atoms with Gasteiger partial charge in [0.25, 0.3) is 0 Å². The molecular weight excluding hydrogens is 528 g/mol. The molecule has 41 heavy (non-hydrogen) atoms. The lowest BCUT2D eigenvalue weighted by molar-refractivity contribution is -0.131. The summed E-state index contributed by atoms with van der Waals surface area (Å²) in [4.78, 5) is 20.4. The molecule has 0 unspecified atom stereocenters. The average Bonchev–Trinajstić information content (AvgIpc) is 3.34. The zero-order chi connectivity index (χ0) is 29.5. The highest BCUT2D eigenvalue weighted by atomic mass is 19.1. The average molecular weight is 560 g/mol. The van der Waals surface area contributed by atoms with E-state index in [4.69, 9.17) is 5.73 Å². The topological polar surface area (TPSA) is 147 Å². The second-order valence-corrected chi connectivity index (χ2v) is 11.7. The van der Waals surface area contributed by atoms with Crippen molar-refractivity contribution in [1.29, 1.82) is 5.26 Å². The maximum absolute atomic E-state index is 15.5. The van der Waals surface area contributed by atoms with Gasteiger partial charge in [-0.2, -0.15) is 9.65 Å². The van der Waals surface area contributed by atoms with Crippen molar-refractivity contribution in [3.8, 4) is 6.07 Å². The first kappa shape index (κ1) is 27.9. The van der Waals surface area contributed by atoms with Gasteiger partial charge >= 0.3 is 0 Å². The summed E-state index contributed by atoms with van der Waals surface area (Å²) in [5.41, 5.74) is 7.28. The van der Waals surface area contributed by atoms with Gasteiger partial charge in [-0.05, 0) is 49.8 Å². The number of nitriles is 1. The molecule has 0 radical (unpaired) electrons. The van der Waals surface area contributed by atoms with E-state index in [1.165, 1.54) is 23.0 Å². The van der Waals surface area contributed by atoms with E-state index in [0.29, 0.717) is 53.1 Å². The van der Waals surface area contributed by atoms with Crippen LogP contribution in [-0.4, -0.2) is 37.4 Å². The number of nitrogens with one attached hydrogen (secondary N) is 2. The molecule has 1 aliphatic rings. The van der Waals surface area contributed by atoms with Crippen molar-refractivity contribution in [1.82, 2.24) is 25.0 Å². The SMILES string of the molecule is Cc1nc(F)ccc1[C@H](Nc1cc(F)c2ncc(C#N)c(NCC(C)(C)C)c2c1)c1cn(C2(C(N)=O)CCC2)nn1. The second kappa shape index (κ2) is 10.4. The minimum Gasteiger partial charge on any atom is -0.383 e. The minimum absolute atomic E-state index is 0.108. The maximum Gasteiger partial charge on any atom is 0.245 e. The van der Waals surface area contributed by atoms with Gasteiger partial charge in [0.1, 0.15) is 22.8 Å². The normalized spacial score (nSPS) is 15.1. The van der Waals surface area contributed by atoms with Crippen LogP contribution < -0.4 is 16.4 Å². The lowest BCUT2D eigenvalue weighted by Crippen LogP contribution is -2.51. The van der Waals surface area contributed by atoms with Crippen molar-refractivity contribution in [2.75, 3.05) is 17.2 Å². The summed E-state index contributed by atoms with van der Waals surface area (Å²) in [5.74, 6) is -1.72. The molecule has 4 aromatic rings. The number of fused-ring (bicyclic) bond motifs is 1. The van der Waals surface area contributed by atoms with Crippen molar-refractivity contribution in [2.24, 2.45) is 11.1 Å². The van der Waals surface area contributed by atoms with Crippen molar-refractivity contribution >= 4 is 28.2 Å². The van der Waals surface area contributed by atoms with Gasteiger partial charge in [0.15, 0.2) is 5.82 Å². The number of carbonyl (C=O) groups is 1. The molecule has 3 aromatic heterocycles. The van der Waals surface area contributed by atoms with Crippen LogP contribution in [0.1, 0.15) is 68.6 Å². The van der Waals surface area contributed by atoms with Gasteiger partial charge in [0, 0.05) is 35.1 Å². The number of hydrogen-bond donors (Lipinski definition) is 3. The van der Waals surface area contributed by atoms with Crippen LogP contribution in [0.5, 0.6) is 0 Å². The molecule has 3 heterocycles. The molecule has 1 atom stereocenters. The summed E-state index contributed by atoms with van der Waals surface area (Å²) in [6.45, 7) is 8.34. The fourth-order valence-corrected chi connectivity index (χ4v) is 5.01. The van der Waals surface area contributed by atoms with Gasteiger partial charge in [-0.25, -0.2) is 14.1 Å². The number of nitrogens with two attached hydrogens (primary N) is 1. The van der Waals surface area contributed by atoms with E-state index in [0.717, 1.165) is 6.42 Å². The van der Waals surface area contributed by atoms with Crippen LogP contribution >= 0.6 is 0 Å². The molecule has 1 amide bonds. The predicted molar refractivity (Wildman–Crippen MR) is 150 cm³/mol. The summed E-state index contributed by atoms with van der Waals surface area (Å²) < 4.78 is 30.9. The van der Waals surface area contributed by atoms with Crippen LogP contribution in [0.3, 0.4) is 0 Å². The third-order valence-electron chi connectivity index (χ3n) is 7.44. The third-order valence-corrected chi connectivity index (χ3v) is 7.44. The van der Waals surface area contributed by atoms with Gasteiger partial charge in [-0.1, -0.05) is 32.1 Å². The molecule has 0 spiro atoms. The minimum atomic E-state index is -0.950.